The summed E-state index contributed by atoms with van der Waals surface area (Å²) in [7, 11) is -3.56. The second-order valence-corrected chi connectivity index (χ2v) is 6.59. The van der Waals surface area contributed by atoms with E-state index in [2.05, 4.69) is 0 Å². The lowest BCUT2D eigenvalue weighted by molar-refractivity contribution is 0.191. The van der Waals surface area contributed by atoms with Crippen LogP contribution in [0, 0.1) is 5.92 Å². The van der Waals surface area contributed by atoms with Gasteiger partial charge in [-0.05, 0) is 30.5 Å². The second-order valence-electron chi connectivity index (χ2n) is 4.70. The van der Waals surface area contributed by atoms with E-state index in [4.69, 9.17) is 5.73 Å². The summed E-state index contributed by atoms with van der Waals surface area (Å²) in [6.45, 7) is 2.25. The van der Waals surface area contributed by atoms with Gasteiger partial charge in [0.2, 0.25) is 10.0 Å². The van der Waals surface area contributed by atoms with Crippen molar-refractivity contribution in [2.45, 2.75) is 24.3 Å². The highest BCUT2D eigenvalue weighted by molar-refractivity contribution is 7.89. The van der Waals surface area contributed by atoms with Crippen LogP contribution in [0.15, 0.2) is 29.2 Å². The van der Waals surface area contributed by atoms with Gasteiger partial charge in [0.15, 0.2) is 0 Å². The topological polar surface area (TPSA) is 83.6 Å². The Hall–Kier alpha value is -1.11. The number of aliphatic hydroxyl groups excluding tert-OH is 1. The summed E-state index contributed by atoms with van der Waals surface area (Å²) in [5, 5.41) is 9.34. The van der Waals surface area contributed by atoms with E-state index in [9.17, 15) is 13.5 Å². The molecule has 0 amide bonds. The summed E-state index contributed by atoms with van der Waals surface area (Å²) >= 11 is 0. The lowest BCUT2D eigenvalue weighted by atomic mass is 10.0. The van der Waals surface area contributed by atoms with E-state index < -0.39 is 10.0 Å². The highest BCUT2D eigenvalue weighted by Gasteiger charge is 2.39. The maximum atomic E-state index is 12.5. The molecule has 100 valence electrons. The van der Waals surface area contributed by atoms with E-state index in [1.807, 2.05) is 6.92 Å². The van der Waals surface area contributed by atoms with Crippen LogP contribution in [0.5, 0.6) is 0 Å². The average molecular weight is 270 g/mol. The normalized spacial score (nSPS) is 25.4. The van der Waals surface area contributed by atoms with Crippen LogP contribution in [0.2, 0.25) is 0 Å². The lowest BCUT2D eigenvalue weighted by Crippen LogP contribution is -2.39. The van der Waals surface area contributed by atoms with Gasteiger partial charge in [0.25, 0.3) is 0 Å². The molecule has 0 saturated carbocycles. The van der Waals surface area contributed by atoms with Gasteiger partial charge in [0, 0.05) is 12.2 Å². The molecular weight excluding hydrogens is 252 g/mol. The molecule has 1 fully saturated rings. The molecule has 1 aliphatic rings. The van der Waals surface area contributed by atoms with Gasteiger partial charge in [0.1, 0.15) is 0 Å². The Labute approximate surface area is 107 Å². The molecule has 2 rings (SSSR count). The predicted molar refractivity (Wildman–Crippen MR) is 69.4 cm³/mol. The van der Waals surface area contributed by atoms with Gasteiger partial charge >= 0.3 is 0 Å². The van der Waals surface area contributed by atoms with Crippen molar-refractivity contribution in [3.05, 3.63) is 24.3 Å². The Morgan fingerprint density at radius 1 is 1.50 bits per heavy atom. The quantitative estimate of drug-likeness (QED) is 0.790. The Morgan fingerprint density at radius 2 is 2.22 bits per heavy atom. The van der Waals surface area contributed by atoms with Crippen molar-refractivity contribution in [1.82, 2.24) is 4.31 Å². The molecule has 0 bridgehead atoms. The summed E-state index contributed by atoms with van der Waals surface area (Å²) < 4.78 is 26.3. The molecule has 2 unspecified atom stereocenters. The maximum absolute atomic E-state index is 12.5. The smallest absolute Gasteiger partial charge is 0.243 e. The van der Waals surface area contributed by atoms with Gasteiger partial charge in [-0.15, -0.1) is 0 Å². The Balaban J connectivity index is 2.37. The van der Waals surface area contributed by atoms with Crippen LogP contribution in [0.4, 0.5) is 5.69 Å². The standard InChI is InChI=1S/C12H18N2O3S/c1-9-5-6-14(12(9)8-15)18(16,17)11-4-2-3-10(13)7-11/h2-4,7,9,12,15H,5-6,8,13H2,1H3. The van der Waals surface area contributed by atoms with Crippen molar-refractivity contribution in [2.24, 2.45) is 5.92 Å². The van der Waals surface area contributed by atoms with E-state index in [1.54, 1.807) is 12.1 Å². The van der Waals surface area contributed by atoms with Crippen molar-refractivity contribution in [1.29, 1.82) is 0 Å². The molecule has 1 aliphatic heterocycles. The zero-order chi connectivity index (χ0) is 13.3. The third-order valence-electron chi connectivity index (χ3n) is 3.48. The van der Waals surface area contributed by atoms with Gasteiger partial charge in [-0.1, -0.05) is 13.0 Å². The number of benzene rings is 1. The molecule has 1 aromatic carbocycles. The van der Waals surface area contributed by atoms with Crippen LogP contribution < -0.4 is 5.73 Å². The van der Waals surface area contributed by atoms with Crippen molar-refractivity contribution in [3.8, 4) is 0 Å². The summed E-state index contributed by atoms with van der Waals surface area (Å²) in [4.78, 5) is 0.190. The zero-order valence-electron chi connectivity index (χ0n) is 10.3. The summed E-state index contributed by atoms with van der Waals surface area (Å²) in [6.07, 6.45) is 0.771. The van der Waals surface area contributed by atoms with Crippen LogP contribution in [-0.4, -0.2) is 37.0 Å². The fraction of sp³-hybridized carbons (Fsp3) is 0.500. The number of hydrogen-bond acceptors (Lipinski definition) is 4. The minimum Gasteiger partial charge on any atom is -0.399 e. The molecule has 5 nitrogen and oxygen atoms in total. The van der Waals surface area contributed by atoms with E-state index in [0.717, 1.165) is 6.42 Å². The van der Waals surface area contributed by atoms with Crippen LogP contribution in [0.25, 0.3) is 0 Å². The predicted octanol–water partition coefficient (Wildman–Crippen LogP) is 0.660. The maximum Gasteiger partial charge on any atom is 0.243 e. The average Bonchev–Trinajstić information content (AvgIpc) is 2.71. The third kappa shape index (κ3) is 2.23. The first kappa shape index (κ1) is 13.3. The van der Waals surface area contributed by atoms with Crippen molar-refractivity contribution >= 4 is 15.7 Å². The van der Waals surface area contributed by atoms with Crippen molar-refractivity contribution < 1.29 is 13.5 Å². The fourth-order valence-electron chi connectivity index (χ4n) is 2.35. The minimum absolute atomic E-state index is 0.150. The molecule has 1 aromatic rings. The largest absolute Gasteiger partial charge is 0.399 e. The number of anilines is 1. The number of sulfonamides is 1. The molecule has 1 heterocycles. The third-order valence-corrected chi connectivity index (χ3v) is 5.40. The molecule has 2 atom stereocenters. The minimum atomic E-state index is -3.56. The van der Waals surface area contributed by atoms with Gasteiger partial charge in [0.05, 0.1) is 17.5 Å². The number of hydrogen-bond donors (Lipinski definition) is 2. The lowest BCUT2D eigenvalue weighted by Gasteiger charge is -2.24. The van der Waals surface area contributed by atoms with Gasteiger partial charge in [-0.2, -0.15) is 4.31 Å². The first-order valence-electron chi connectivity index (χ1n) is 5.95. The van der Waals surface area contributed by atoms with Gasteiger partial charge in [-0.3, -0.25) is 0 Å². The summed E-state index contributed by atoms with van der Waals surface area (Å²) in [6, 6.07) is 5.91. The number of rotatable bonds is 3. The van der Waals surface area contributed by atoms with Crippen LogP contribution >= 0.6 is 0 Å². The van der Waals surface area contributed by atoms with Crippen LogP contribution in [0.3, 0.4) is 0 Å². The van der Waals surface area contributed by atoms with Crippen molar-refractivity contribution in [3.63, 3.8) is 0 Å². The molecular formula is C12H18N2O3S. The molecule has 0 aliphatic carbocycles. The molecule has 6 heteroatoms. The molecule has 0 radical (unpaired) electrons. The van der Waals surface area contributed by atoms with E-state index in [1.165, 1.54) is 16.4 Å². The molecule has 3 N–H and O–H groups in total. The summed E-state index contributed by atoms with van der Waals surface area (Å²) in [5.74, 6) is 0.172. The Morgan fingerprint density at radius 3 is 2.83 bits per heavy atom. The second kappa shape index (κ2) is 4.87. The van der Waals surface area contributed by atoms with E-state index in [-0.39, 0.29) is 23.5 Å². The monoisotopic (exact) mass is 270 g/mol. The van der Waals surface area contributed by atoms with Crippen molar-refractivity contribution in [2.75, 3.05) is 18.9 Å². The van der Waals surface area contributed by atoms with Gasteiger partial charge < -0.3 is 10.8 Å². The SMILES string of the molecule is CC1CCN(S(=O)(=O)c2cccc(N)c2)C1CO. The molecule has 18 heavy (non-hydrogen) atoms. The zero-order valence-corrected chi connectivity index (χ0v) is 11.1. The number of nitrogen functional groups attached to an aromatic ring is 1. The van der Waals surface area contributed by atoms with Crippen LogP contribution in [0.1, 0.15) is 13.3 Å². The van der Waals surface area contributed by atoms with Crippen LogP contribution in [-0.2, 0) is 10.0 Å². The molecule has 0 aromatic heterocycles. The first-order chi connectivity index (χ1) is 8.46. The van der Waals surface area contributed by atoms with E-state index >= 15 is 0 Å². The number of nitrogens with two attached hydrogens (primary N) is 1. The highest BCUT2D eigenvalue weighted by Crippen LogP contribution is 2.30. The Kier molecular flexibility index (Phi) is 3.61. The number of aliphatic hydroxyl groups is 1. The molecule has 0 spiro atoms. The highest BCUT2D eigenvalue weighted by atomic mass is 32.2. The summed E-state index contributed by atoms with van der Waals surface area (Å²) in [5.41, 5.74) is 6.04. The Bertz CT molecular complexity index is 530. The first-order valence-corrected chi connectivity index (χ1v) is 7.39. The van der Waals surface area contributed by atoms with Gasteiger partial charge in [-0.25, -0.2) is 8.42 Å². The van der Waals surface area contributed by atoms with E-state index in [0.29, 0.717) is 12.2 Å². The molecule has 1 saturated heterocycles. The number of nitrogens with zero attached hydrogens (tertiary/aromatic N) is 1. The fourth-order valence-corrected chi connectivity index (χ4v) is 4.14.